The molecule has 0 saturated carbocycles. The number of nitrogens with zero attached hydrogens (tertiary/aromatic N) is 1. The minimum Gasteiger partial charge on any atom is -0.497 e. The first-order chi connectivity index (χ1) is 11.1. The quantitative estimate of drug-likeness (QED) is 0.815. The molecule has 0 atom stereocenters. The zero-order valence-corrected chi connectivity index (χ0v) is 12.8. The fraction of sp³-hybridized carbons (Fsp3) is 0.111. The van der Waals surface area contributed by atoms with Crippen LogP contribution < -0.4 is 14.4 Å². The number of anilines is 1. The summed E-state index contributed by atoms with van der Waals surface area (Å²) in [6.45, 7) is 0. The molecule has 0 fully saturated rings. The molecule has 2 aromatic carbocycles. The van der Waals surface area contributed by atoms with Crippen molar-refractivity contribution in [3.05, 3.63) is 60.2 Å². The second-order valence-corrected chi connectivity index (χ2v) is 4.96. The first-order valence-electron chi connectivity index (χ1n) is 7.02. The molecule has 2 aromatic rings. The molecule has 1 aliphatic rings. The van der Waals surface area contributed by atoms with E-state index in [9.17, 15) is 9.59 Å². The third-order valence-electron chi connectivity index (χ3n) is 3.65. The summed E-state index contributed by atoms with van der Waals surface area (Å²) in [5, 5.41) is 0. The van der Waals surface area contributed by atoms with E-state index in [4.69, 9.17) is 9.47 Å². The number of rotatable bonds is 4. The molecule has 1 aliphatic heterocycles. The van der Waals surface area contributed by atoms with Gasteiger partial charge in [0.1, 0.15) is 11.5 Å². The van der Waals surface area contributed by atoms with Gasteiger partial charge in [-0.2, -0.15) is 0 Å². The number of imide groups is 1. The number of hydrogen-bond donors (Lipinski definition) is 0. The van der Waals surface area contributed by atoms with Gasteiger partial charge in [-0.15, -0.1) is 0 Å². The van der Waals surface area contributed by atoms with Crippen LogP contribution in [0.15, 0.2) is 54.6 Å². The molecule has 0 bridgehead atoms. The van der Waals surface area contributed by atoms with Crippen molar-refractivity contribution in [3.63, 3.8) is 0 Å². The van der Waals surface area contributed by atoms with E-state index in [-0.39, 0.29) is 11.8 Å². The van der Waals surface area contributed by atoms with Crippen LogP contribution in [-0.2, 0) is 9.59 Å². The molecule has 0 radical (unpaired) electrons. The topological polar surface area (TPSA) is 55.8 Å². The molecule has 0 saturated heterocycles. The molecule has 2 amide bonds. The molecule has 0 aliphatic carbocycles. The van der Waals surface area contributed by atoms with Crippen LogP contribution in [0, 0.1) is 0 Å². The number of benzene rings is 2. The van der Waals surface area contributed by atoms with E-state index < -0.39 is 0 Å². The van der Waals surface area contributed by atoms with Crippen LogP contribution in [0.4, 0.5) is 5.69 Å². The Bertz CT molecular complexity index is 776. The van der Waals surface area contributed by atoms with Gasteiger partial charge in [0.15, 0.2) is 0 Å². The van der Waals surface area contributed by atoms with Crippen molar-refractivity contribution >= 4 is 23.1 Å². The van der Waals surface area contributed by atoms with Crippen molar-refractivity contribution < 1.29 is 19.1 Å². The van der Waals surface area contributed by atoms with Gasteiger partial charge in [0.2, 0.25) is 0 Å². The second kappa shape index (κ2) is 5.96. The van der Waals surface area contributed by atoms with Gasteiger partial charge in [-0.3, -0.25) is 9.59 Å². The molecule has 5 nitrogen and oxygen atoms in total. The van der Waals surface area contributed by atoms with E-state index in [1.54, 1.807) is 62.8 Å². The van der Waals surface area contributed by atoms with Gasteiger partial charge in [-0.05, 0) is 42.0 Å². The van der Waals surface area contributed by atoms with E-state index in [0.29, 0.717) is 28.3 Å². The Morgan fingerprint density at radius 3 is 1.83 bits per heavy atom. The summed E-state index contributed by atoms with van der Waals surface area (Å²) in [6.07, 6.45) is 1.36. The molecular weight excluding hydrogens is 294 g/mol. The summed E-state index contributed by atoms with van der Waals surface area (Å²) in [7, 11) is 3.13. The van der Waals surface area contributed by atoms with E-state index in [1.165, 1.54) is 6.08 Å². The first kappa shape index (κ1) is 14.8. The third-order valence-corrected chi connectivity index (χ3v) is 3.65. The second-order valence-electron chi connectivity index (χ2n) is 4.96. The third kappa shape index (κ3) is 2.68. The molecule has 5 heteroatoms. The van der Waals surface area contributed by atoms with Gasteiger partial charge in [-0.1, -0.05) is 12.1 Å². The summed E-state index contributed by atoms with van der Waals surface area (Å²) in [6, 6.07) is 13.8. The molecule has 1 heterocycles. The van der Waals surface area contributed by atoms with Gasteiger partial charge in [0.05, 0.1) is 25.5 Å². The molecule has 0 spiro atoms. The maximum absolute atomic E-state index is 12.6. The standard InChI is InChI=1S/C18H15NO4/c1-22-14-7-3-12(4-8-14)16-11-17(20)19(18(16)21)13-5-9-15(23-2)10-6-13/h3-11H,1-2H3. The average Bonchev–Trinajstić information content (AvgIpc) is 2.89. The van der Waals surface area contributed by atoms with Gasteiger partial charge in [0, 0.05) is 6.08 Å². The summed E-state index contributed by atoms with van der Waals surface area (Å²) >= 11 is 0. The summed E-state index contributed by atoms with van der Waals surface area (Å²) in [5.74, 6) is 0.658. The largest absolute Gasteiger partial charge is 0.497 e. The molecule has 0 aromatic heterocycles. The van der Waals surface area contributed by atoms with Crippen LogP contribution in [-0.4, -0.2) is 26.0 Å². The van der Waals surface area contributed by atoms with E-state index in [0.717, 1.165) is 4.90 Å². The number of carbonyl (C=O) groups is 2. The number of carbonyl (C=O) groups excluding carboxylic acids is 2. The van der Waals surface area contributed by atoms with Crippen LogP contribution in [0.2, 0.25) is 0 Å². The molecule has 23 heavy (non-hydrogen) atoms. The normalized spacial score (nSPS) is 14.0. The molecule has 116 valence electrons. The summed E-state index contributed by atoms with van der Waals surface area (Å²) in [5.41, 5.74) is 1.56. The van der Waals surface area contributed by atoms with Crippen LogP contribution in [0.5, 0.6) is 11.5 Å². The predicted molar refractivity (Wildman–Crippen MR) is 86.5 cm³/mol. The molecule has 0 N–H and O–H groups in total. The van der Waals surface area contributed by atoms with E-state index in [2.05, 4.69) is 0 Å². The number of amides is 2. The maximum atomic E-state index is 12.6. The predicted octanol–water partition coefficient (Wildman–Crippen LogP) is 2.66. The Kier molecular flexibility index (Phi) is 3.85. The lowest BCUT2D eigenvalue weighted by Gasteiger charge is -2.15. The van der Waals surface area contributed by atoms with Crippen molar-refractivity contribution in [1.29, 1.82) is 0 Å². The zero-order chi connectivity index (χ0) is 16.4. The summed E-state index contributed by atoms with van der Waals surface area (Å²) in [4.78, 5) is 26.0. The number of methoxy groups -OCH3 is 2. The van der Waals surface area contributed by atoms with Crippen molar-refractivity contribution in [1.82, 2.24) is 0 Å². The molecule has 0 unspecified atom stereocenters. The van der Waals surface area contributed by atoms with Gasteiger partial charge in [0.25, 0.3) is 11.8 Å². The Hall–Kier alpha value is -3.08. The first-order valence-corrected chi connectivity index (χ1v) is 7.02. The fourth-order valence-electron chi connectivity index (χ4n) is 2.42. The van der Waals surface area contributed by atoms with Crippen LogP contribution in [0.1, 0.15) is 5.56 Å². The minimum absolute atomic E-state index is 0.342. The van der Waals surface area contributed by atoms with Gasteiger partial charge >= 0.3 is 0 Å². The van der Waals surface area contributed by atoms with E-state index >= 15 is 0 Å². The summed E-state index contributed by atoms with van der Waals surface area (Å²) < 4.78 is 10.2. The highest BCUT2D eigenvalue weighted by molar-refractivity contribution is 6.43. The highest BCUT2D eigenvalue weighted by atomic mass is 16.5. The molecule has 3 rings (SSSR count). The Morgan fingerprint density at radius 2 is 1.30 bits per heavy atom. The smallest absolute Gasteiger partial charge is 0.266 e. The number of hydrogen-bond acceptors (Lipinski definition) is 4. The van der Waals surface area contributed by atoms with Crippen molar-refractivity contribution in [2.75, 3.05) is 19.1 Å². The van der Waals surface area contributed by atoms with Crippen LogP contribution in [0.25, 0.3) is 5.57 Å². The average molecular weight is 309 g/mol. The zero-order valence-electron chi connectivity index (χ0n) is 12.8. The number of ether oxygens (including phenoxy) is 2. The highest BCUT2D eigenvalue weighted by Crippen LogP contribution is 2.30. The monoisotopic (exact) mass is 309 g/mol. The Morgan fingerprint density at radius 1 is 0.783 bits per heavy atom. The SMILES string of the molecule is COc1ccc(C2=CC(=O)N(c3ccc(OC)cc3)C2=O)cc1. The van der Waals surface area contributed by atoms with Crippen molar-refractivity contribution in [3.8, 4) is 11.5 Å². The van der Waals surface area contributed by atoms with Gasteiger partial charge < -0.3 is 9.47 Å². The van der Waals surface area contributed by atoms with Crippen LogP contribution >= 0.6 is 0 Å². The Balaban J connectivity index is 1.89. The lowest BCUT2D eigenvalue weighted by molar-refractivity contribution is -0.119. The lowest BCUT2D eigenvalue weighted by Crippen LogP contribution is -2.30. The van der Waals surface area contributed by atoms with Crippen molar-refractivity contribution in [2.24, 2.45) is 0 Å². The maximum Gasteiger partial charge on any atom is 0.266 e. The van der Waals surface area contributed by atoms with Crippen LogP contribution in [0.3, 0.4) is 0 Å². The fourth-order valence-corrected chi connectivity index (χ4v) is 2.42. The Labute approximate surface area is 133 Å². The van der Waals surface area contributed by atoms with E-state index in [1.807, 2.05) is 0 Å². The van der Waals surface area contributed by atoms with Gasteiger partial charge in [-0.25, -0.2) is 4.90 Å². The lowest BCUT2D eigenvalue weighted by atomic mass is 10.1. The minimum atomic E-state index is -0.356. The molecular formula is C18H15NO4. The van der Waals surface area contributed by atoms with Crippen molar-refractivity contribution in [2.45, 2.75) is 0 Å². The highest BCUT2D eigenvalue weighted by Gasteiger charge is 2.32.